The van der Waals surface area contributed by atoms with Crippen molar-refractivity contribution in [3.05, 3.63) is 0 Å². The first-order valence-electron chi connectivity index (χ1n) is 1.20. The first-order valence-corrected chi connectivity index (χ1v) is 2.66. The van der Waals surface area contributed by atoms with Crippen LogP contribution in [0.2, 0.25) is 0 Å². The van der Waals surface area contributed by atoms with Gasteiger partial charge in [0.2, 0.25) is 0 Å². The minimum Gasteiger partial charge on any atom is -0.822 e. The Balaban J connectivity index is -0.0000000326. The molecule has 10 heavy (non-hydrogen) atoms. The summed E-state index contributed by atoms with van der Waals surface area (Å²) < 4.78 is 8.55. The van der Waals surface area contributed by atoms with E-state index in [2.05, 4.69) is 0 Å². The molecule has 0 aliphatic carbocycles. The van der Waals surface area contributed by atoms with Crippen molar-refractivity contribution in [1.29, 1.82) is 0 Å². The molecule has 6 nitrogen and oxygen atoms in total. The summed E-state index contributed by atoms with van der Waals surface area (Å²) in [4.78, 5) is 33.9. The van der Waals surface area contributed by atoms with Gasteiger partial charge in [-0.2, -0.15) is 7.82 Å². The summed E-state index contributed by atoms with van der Waals surface area (Å²) in [5, 5.41) is 8.25. The van der Waals surface area contributed by atoms with Gasteiger partial charge in [-0.3, -0.25) is 0 Å². The zero-order valence-electron chi connectivity index (χ0n) is 4.89. The molecule has 0 aromatic heterocycles. The Bertz CT molecular complexity index is 89.7. The van der Waals surface area contributed by atoms with Gasteiger partial charge in [-0.05, 0) is 0 Å². The van der Waals surface area contributed by atoms with E-state index in [1.807, 2.05) is 0 Å². The molecule has 0 spiro atoms. The van der Waals surface area contributed by atoms with Gasteiger partial charge in [-0.25, -0.2) is 0 Å². The Morgan fingerprint density at radius 2 is 1.10 bits per heavy atom. The molecule has 50 valence electrons. The molecule has 0 rings (SSSR count). The van der Waals surface area contributed by atoms with E-state index in [9.17, 15) is 0 Å². The molecule has 0 radical (unpaired) electrons. The predicted molar refractivity (Wildman–Crippen MR) is 25.2 cm³/mol. The van der Waals surface area contributed by atoms with Crippen molar-refractivity contribution >= 4 is 89.8 Å². The fourth-order valence-corrected chi connectivity index (χ4v) is 0. The molecule has 0 N–H and O–H groups in total. The van der Waals surface area contributed by atoms with E-state index in [4.69, 9.17) is 29.1 Å². The molecule has 0 aromatic carbocycles. The van der Waals surface area contributed by atoms with Crippen LogP contribution in [0.25, 0.3) is 0 Å². The Labute approximate surface area is 117 Å². The largest absolute Gasteiger partial charge is 2.00 e. The summed E-state index contributed by atoms with van der Waals surface area (Å²) in [5.41, 5.74) is 0. The second-order valence-electron chi connectivity index (χ2n) is 0.543. The average Bonchev–Trinajstić information content (AvgIpc) is 1.27. The summed E-state index contributed by atoms with van der Waals surface area (Å²) in [6.07, 6.45) is 0. The molecule has 0 aliphatic rings. The minimum atomic E-state index is -5.39. The average molecular weight is 220 g/mol. The van der Waals surface area contributed by atoms with Crippen LogP contribution in [0.15, 0.2) is 0 Å². The molecule has 0 unspecified atom stereocenters. The van der Waals surface area contributed by atoms with Crippen molar-refractivity contribution in [2.75, 3.05) is 0 Å². The van der Waals surface area contributed by atoms with Gasteiger partial charge < -0.3 is 29.1 Å². The van der Waals surface area contributed by atoms with Gasteiger partial charge in [0, 0.05) is 6.47 Å². The molecule has 0 heterocycles. The number of hydrogen-bond acceptors (Lipinski definition) is 6. The SMILES string of the molecule is O=C[O-].O=P([O-])([O-])[O-].[Ca+2].[Ca+2]. The van der Waals surface area contributed by atoms with Gasteiger partial charge in [0.1, 0.15) is 0 Å². The van der Waals surface area contributed by atoms with Crippen LogP contribution in [0.5, 0.6) is 0 Å². The number of phosphoric acid groups is 1. The number of carbonyl (C=O) groups excluding carboxylic acids is 1. The van der Waals surface area contributed by atoms with Gasteiger partial charge >= 0.3 is 75.5 Å². The Kier molecular flexibility index (Phi) is 31.1. The molecular formula is CHCa2O6P. The molecule has 9 heteroatoms. The number of carboxylic acid groups (broad SMARTS) is 1. The third-order valence-electron chi connectivity index (χ3n) is 0. The maximum absolute atomic E-state index is 8.55. The van der Waals surface area contributed by atoms with E-state index in [1.54, 1.807) is 0 Å². The maximum Gasteiger partial charge on any atom is 2.00 e. The molecule has 0 aliphatic heterocycles. The molecule has 0 amide bonds. The van der Waals surface area contributed by atoms with Crippen molar-refractivity contribution < 1.29 is 29.1 Å². The molecule has 0 saturated heterocycles. The van der Waals surface area contributed by atoms with Crippen molar-refractivity contribution in [1.82, 2.24) is 0 Å². The third-order valence-corrected chi connectivity index (χ3v) is 0. The number of carbonyl (C=O) groups is 1. The van der Waals surface area contributed by atoms with Crippen LogP contribution in [0.3, 0.4) is 0 Å². The van der Waals surface area contributed by atoms with Crippen LogP contribution in [0.4, 0.5) is 0 Å². The monoisotopic (exact) mass is 220 g/mol. The Morgan fingerprint density at radius 3 is 1.10 bits per heavy atom. The van der Waals surface area contributed by atoms with Gasteiger partial charge in [0.15, 0.2) is 0 Å². The van der Waals surface area contributed by atoms with Crippen molar-refractivity contribution in [2.45, 2.75) is 0 Å². The zero-order chi connectivity index (χ0) is 7.21. The smallest absolute Gasteiger partial charge is 0.822 e. The van der Waals surface area contributed by atoms with Crippen LogP contribution in [0.1, 0.15) is 0 Å². The normalized spacial score (nSPS) is 7.10. The van der Waals surface area contributed by atoms with E-state index in [-0.39, 0.29) is 75.5 Å². The molecule has 0 bridgehead atoms. The van der Waals surface area contributed by atoms with Crippen LogP contribution >= 0.6 is 7.82 Å². The summed E-state index contributed by atoms with van der Waals surface area (Å²) in [6, 6.07) is 0. The molecule has 0 aromatic rings. The summed E-state index contributed by atoms with van der Waals surface area (Å²) in [6.45, 7) is -0.500. The quantitative estimate of drug-likeness (QED) is 0.228. The van der Waals surface area contributed by atoms with Gasteiger partial charge in [-0.1, -0.05) is 0 Å². The van der Waals surface area contributed by atoms with Crippen molar-refractivity contribution in [3.8, 4) is 0 Å². The van der Waals surface area contributed by atoms with Gasteiger partial charge in [0.25, 0.3) is 0 Å². The predicted octanol–water partition coefficient (Wildman–Crippen LogP) is -5.22. The van der Waals surface area contributed by atoms with E-state index in [0.717, 1.165) is 0 Å². The maximum atomic E-state index is 8.55. The van der Waals surface area contributed by atoms with Crippen molar-refractivity contribution in [3.63, 3.8) is 0 Å². The summed E-state index contributed by atoms with van der Waals surface area (Å²) in [5.74, 6) is 0. The van der Waals surface area contributed by atoms with E-state index < -0.39 is 14.3 Å². The molecule has 0 fully saturated rings. The van der Waals surface area contributed by atoms with Crippen LogP contribution in [0, 0.1) is 0 Å². The topological polar surface area (TPSA) is 126 Å². The number of rotatable bonds is 0. The van der Waals surface area contributed by atoms with Gasteiger partial charge in [0.05, 0.1) is 0 Å². The minimum absolute atomic E-state index is 0. The number of hydrogen-bond donors (Lipinski definition) is 0. The summed E-state index contributed by atoms with van der Waals surface area (Å²) >= 11 is 0. The second-order valence-corrected chi connectivity index (χ2v) is 1.44. The first-order chi connectivity index (χ1) is 3.41. The van der Waals surface area contributed by atoms with E-state index in [1.165, 1.54) is 0 Å². The zero-order valence-corrected chi connectivity index (χ0v) is 10.2. The van der Waals surface area contributed by atoms with E-state index in [0.29, 0.717) is 0 Å². The molecule has 0 atom stereocenters. The fourth-order valence-electron chi connectivity index (χ4n) is 0. The van der Waals surface area contributed by atoms with E-state index >= 15 is 0 Å². The fraction of sp³-hybridized carbons (Fsp3) is 0. The third kappa shape index (κ3) is 190. The first kappa shape index (κ1) is 22.7. The van der Waals surface area contributed by atoms with Crippen LogP contribution < -0.4 is 19.8 Å². The molecular weight excluding hydrogens is 219 g/mol. The molecule has 0 saturated carbocycles. The second kappa shape index (κ2) is 13.7. The van der Waals surface area contributed by atoms with Crippen LogP contribution in [-0.4, -0.2) is 81.9 Å². The van der Waals surface area contributed by atoms with Crippen molar-refractivity contribution in [2.24, 2.45) is 0 Å². The van der Waals surface area contributed by atoms with Crippen LogP contribution in [-0.2, 0) is 9.36 Å². The Hall–Kier alpha value is 2.10. The standard InChI is InChI=1S/CH2O2.2Ca.H3O4P/c2-1-3;;;1-5(2,3)4/h1H,(H,2,3);;;(H3,1,2,3,4)/q;2*+2;/p-4. The Morgan fingerprint density at radius 1 is 1.10 bits per heavy atom. The summed E-state index contributed by atoms with van der Waals surface area (Å²) in [7, 11) is -5.39. The van der Waals surface area contributed by atoms with Gasteiger partial charge in [-0.15, -0.1) is 0 Å².